The van der Waals surface area contributed by atoms with Crippen molar-refractivity contribution in [1.82, 2.24) is 5.32 Å². The normalized spacial score (nSPS) is 17.3. The predicted octanol–water partition coefficient (Wildman–Crippen LogP) is 2.69. The number of likely N-dealkylation sites (N-methyl/N-ethyl adjacent to an activating group) is 1. The Bertz CT molecular complexity index is 1010. The summed E-state index contributed by atoms with van der Waals surface area (Å²) < 4.78 is 10.8. The quantitative estimate of drug-likeness (QED) is 0.805. The summed E-state index contributed by atoms with van der Waals surface area (Å²) >= 11 is 0. The molecule has 160 valence electrons. The molecule has 7 nitrogen and oxygen atoms in total. The SMILES string of the molecule is CN1C(=O)COc2ccc(-c3ccc(CC(C#N)NC(=O)C4CCOCC4)cc3)cc21. The number of hydrogen-bond donors (Lipinski definition) is 1. The van der Waals surface area contributed by atoms with E-state index in [1.807, 2.05) is 42.5 Å². The van der Waals surface area contributed by atoms with Crippen molar-refractivity contribution in [2.75, 3.05) is 31.8 Å². The molecule has 2 heterocycles. The number of rotatable bonds is 5. The Kier molecular flexibility index (Phi) is 6.19. The molecule has 2 aliphatic rings. The molecular weight excluding hydrogens is 394 g/mol. The Morgan fingerprint density at radius 1 is 1.19 bits per heavy atom. The number of nitriles is 1. The third-order valence-corrected chi connectivity index (χ3v) is 5.84. The van der Waals surface area contributed by atoms with Gasteiger partial charge in [0.15, 0.2) is 6.61 Å². The molecule has 0 aromatic heterocycles. The van der Waals surface area contributed by atoms with E-state index in [4.69, 9.17) is 9.47 Å². The molecule has 7 heteroatoms. The van der Waals surface area contributed by atoms with E-state index in [1.165, 1.54) is 0 Å². The highest BCUT2D eigenvalue weighted by Gasteiger charge is 2.24. The van der Waals surface area contributed by atoms with Crippen LogP contribution in [0.2, 0.25) is 0 Å². The number of nitrogens with zero attached hydrogens (tertiary/aromatic N) is 2. The Morgan fingerprint density at radius 3 is 2.61 bits per heavy atom. The van der Waals surface area contributed by atoms with Crippen molar-refractivity contribution in [3.05, 3.63) is 48.0 Å². The van der Waals surface area contributed by atoms with Crippen LogP contribution in [0.25, 0.3) is 11.1 Å². The number of carbonyl (C=O) groups is 2. The van der Waals surface area contributed by atoms with E-state index in [0.29, 0.717) is 38.2 Å². The molecular formula is C24H25N3O4. The van der Waals surface area contributed by atoms with Gasteiger partial charge in [0.05, 0.1) is 11.8 Å². The molecule has 1 N–H and O–H groups in total. The van der Waals surface area contributed by atoms with E-state index in [9.17, 15) is 14.9 Å². The number of hydrogen-bond acceptors (Lipinski definition) is 5. The Morgan fingerprint density at radius 2 is 1.90 bits per heavy atom. The highest BCUT2D eigenvalue weighted by molar-refractivity contribution is 5.98. The molecule has 2 aliphatic heterocycles. The van der Waals surface area contributed by atoms with Crippen LogP contribution in [0.5, 0.6) is 5.75 Å². The zero-order valence-corrected chi connectivity index (χ0v) is 17.5. The number of fused-ring (bicyclic) bond motifs is 1. The summed E-state index contributed by atoms with van der Waals surface area (Å²) in [4.78, 5) is 25.9. The number of benzene rings is 2. The number of carbonyl (C=O) groups excluding carboxylic acids is 2. The molecule has 1 atom stereocenters. The first-order valence-corrected chi connectivity index (χ1v) is 10.5. The van der Waals surface area contributed by atoms with E-state index in [-0.39, 0.29) is 24.3 Å². The lowest BCUT2D eigenvalue weighted by molar-refractivity contribution is -0.128. The lowest BCUT2D eigenvalue weighted by atomic mass is 9.97. The second kappa shape index (κ2) is 9.19. The summed E-state index contributed by atoms with van der Waals surface area (Å²) in [6.07, 6.45) is 1.84. The standard InChI is InChI=1S/C24H25N3O4/c1-27-21-13-19(6-7-22(21)31-15-23(27)28)17-4-2-16(3-5-17)12-20(14-25)26-24(29)18-8-10-30-11-9-18/h2-7,13,18,20H,8-12,15H2,1H3,(H,26,29). The maximum atomic E-state index is 12.4. The van der Waals surface area contributed by atoms with Crippen LogP contribution in [0, 0.1) is 17.2 Å². The topological polar surface area (TPSA) is 91.7 Å². The average molecular weight is 419 g/mol. The zero-order valence-electron chi connectivity index (χ0n) is 17.5. The molecule has 0 radical (unpaired) electrons. The second-order valence-corrected chi connectivity index (χ2v) is 7.90. The van der Waals surface area contributed by atoms with Crippen LogP contribution in [0.3, 0.4) is 0 Å². The Labute approximate surface area is 181 Å². The molecule has 1 unspecified atom stereocenters. The van der Waals surface area contributed by atoms with Gasteiger partial charge in [0, 0.05) is 32.6 Å². The van der Waals surface area contributed by atoms with Gasteiger partial charge in [-0.05, 0) is 41.7 Å². The monoisotopic (exact) mass is 419 g/mol. The van der Waals surface area contributed by atoms with E-state index in [2.05, 4.69) is 11.4 Å². The van der Waals surface area contributed by atoms with Crippen molar-refractivity contribution in [3.8, 4) is 22.9 Å². The minimum Gasteiger partial charge on any atom is -0.482 e. The van der Waals surface area contributed by atoms with Gasteiger partial charge < -0.3 is 19.7 Å². The molecule has 1 saturated heterocycles. The van der Waals surface area contributed by atoms with Gasteiger partial charge >= 0.3 is 0 Å². The first kappa shape index (κ1) is 20.9. The summed E-state index contributed by atoms with van der Waals surface area (Å²) in [5.74, 6) is 0.469. The highest BCUT2D eigenvalue weighted by Crippen LogP contribution is 2.35. The van der Waals surface area contributed by atoms with Gasteiger partial charge in [-0.25, -0.2) is 0 Å². The van der Waals surface area contributed by atoms with Crippen LogP contribution in [-0.4, -0.2) is 44.7 Å². The molecule has 2 aromatic carbocycles. The van der Waals surface area contributed by atoms with Gasteiger partial charge in [0.2, 0.25) is 5.91 Å². The first-order chi connectivity index (χ1) is 15.0. The zero-order chi connectivity index (χ0) is 21.8. The van der Waals surface area contributed by atoms with E-state index in [0.717, 1.165) is 22.4 Å². The number of anilines is 1. The van der Waals surface area contributed by atoms with Crippen molar-refractivity contribution in [2.24, 2.45) is 5.92 Å². The number of amides is 2. The van der Waals surface area contributed by atoms with Crippen molar-refractivity contribution >= 4 is 17.5 Å². The van der Waals surface area contributed by atoms with Crippen molar-refractivity contribution in [2.45, 2.75) is 25.3 Å². The Hall–Kier alpha value is -3.37. The molecule has 31 heavy (non-hydrogen) atoms. The van der Waals surface area contributed by atoms with Crippen LogP contribution in [-0.2, 0) is 20.7 Å². The van der Waals surface area contributed by atoms with E-state index in [1.54, 1.807) is 11.9 Å². The van der Waals surface area contributed by atoms with Gasteiger partial charge in [-0.3, -0.25) is 9.59 Å². The van der Waals surface area contributed by atoms with Gasteiger partial charge in [0.25, 0.3) is 5.91 Å². The molecule has 2 aromatic rings. The number of nitrogens with one attached hydrogen (secondary N) is 1. The lowest BCUT2D eigenvalue weighted by Crippen LogP contribution is -2.41. The van der Waals surface area contributed by atoms with Crippen molar-refractivity contribution in [1.29, 1.82) is 5.26 Å². The molecule has 0 spiro atoms. The molecule has 1 fully saturated rings. The smallest absolute Gasteiger partial charge is 0.264 e. The van der Waals surface area contributed by atoms with E-state index >= 15 is 0 Å². The number of ether oxygens (including phenoxy) is 2. The van der Waals surface area contributed by atoms with Crippen molar-refractivity contribution in [3.63, 3.8) is 0 Å². The van der Waals surface area contributed by atoms with Crippen LogP contribution in [0.15, 0.2) is 42.5 Å². The average Bonchev–Trinajstić information content (AvgIpc) is 2.82. The summed E-state index contributed by atoms with van der Waals surface area (Å²) in [5.41, 5.74) is 3.69. The van der Waals surface area contributed by atoms with E-state index < -0.39 is 6.04 Å². The summed E-state index contributed by atoms with van der Waals surface area (Å²) in [5, 5.41) is 12.4. The maximum Gasteiger partial charge on any atom is 0.264 e. The second-order valence-electron chi connectivity index (χ2n) is 7.90. The third kappa shape index (κ3) is 4.70. The predicted molar refractivity (Wildman–Crippen MR) is 116 cm³/mol. The summed E-state index contributed by atoms with van der Waals surface area (Å²) in [7, 11) is 1.74. The summed E-state index contributed by atoms with van der Waals surface area (Å²) in [6.45, 7) is 1.24. The van der Waals surface area contributed by atoms with Crippen molar-refractivity contribution < 1.29 is 19.1 Å². The van der Waals surface area contributed by atoms with Crippen LogP contribution in [0.4, 0.5) is 5.69 Å². The van der Waals surface area contributed by atoms with Gasteiger partial charge in [0.1, 0.15) is 11.8 Å². The first-order valence-electron chi connectivity index (χ1n) is 10.5. The summed E-state index contributed by atoms with van der Waals surface area (Å²) in [6, 6.07) is 15.3. The minimum atomic E-state index is -0.568. The van der Waals surface area contributed by atoms with Gasteiger partial charge in [-0.15, -0.1) is 0 Å². The maximum absolute atomic E-state index is 12.4. The van der Waals surface area contributed by atoms with Gasteiger partial charge in [-0.1, -0.05) is 30.3 Å². The fourth-order valence-electron chi connectivity index (χ4n) is 3.90. The largest absolute Gasteiger partial charge is 0.482 e. The molecule has 4 rings (SSSR count). The van der Waals surface area contributed by atoms with Crippen LogP contribution in [0.1, 0.15) is 18.4 Å². The minimum absolute atomic E-state index is 0.0582. The van der Waals surface area contributed by atoms with Crippen LogP contribution < -0.4 is 15.0 Å². The fourth-order valence-corrected chi connectivity index (χ4v) is 3.90. The highest BCUT2D eigenvalue weighted by atomic mass is 16.5. The Balaban J connectivity index is 1.43. The lowest BCUT2D eigenvalue weighted by Gasteiger charge is -2.26. The fraction of sp³-hybridized carbons (Fsp3) is 0.375. The molecule has 0 saturated carbocycles. The third-order valence-electron chi connectivity index (χ3n) is 5.84. The van der Waals surface area contributed by atoms with Crippen LogP contribution >= 0.6 is 0 Å². The molecule has 0 aliphatic carbocycles. The molecule has 2 amide bonds. The van der Waals surface area contributed by atoms with Gasteiger partial charge in [-0.2, -0.15) is 5.26 Å². The molecule has 0 bridgehead atoms.